The molecule has 1 saturated carbocycles. The van der Waals surface area contributed by atoms with E-state index >= 15 is 0 Å². The van der Waals surface area contributed by atoms with E-state index in [1.807, 2.05) is 7.11 Å². The van der Waals surface area contributed by atoms with Gasteiger partial charge in [-0.15, -0.1) is 0 Å². The lowest BCUT2D eigenvalue weighted by Crippen LogP contribution is -2.48. The Kier molecular flexibility index (Phi) is 4.42. The fraction of sp³-hybridized carbons (Fsp3) is 1.00. The summed E-state index contributed by atoms with van der Waals surface area (Å²) in [5, 5.41) is 3.84. The van der Waals surface area contributed by atoms with Gasteiger partial charge in [0.15, 0.2) is 0 Å². The molecule has 0 amide bonds. The SMILES string of the molecule is COCCC1(CNC2CCOC3(CCSC3)C2)CC1. The molecule has 3 fully saturated rings. The van der Waals surface area contributed by atoms with Gasteiger partial charge in [-0.3, -0.25) is 0 Å². The summed E-state index contributed by atoms with van der Waals surface area (Å²) in [4.78, 5) is 0. The van der Waals surface area contributed by atoms with Gasteiger partial charge in [-0.25, -0.2) is 0 Å². The summed E-state index contributed by atoms with van der Waals surface area (Å²) in [5.41, 5.74) is 0.774. The predicted molar refractivity (Wildman–Crippen MR) is 79.8 cm³/mol. The highest BCUT2D eigenvalue weighted by Crippen LogP contribution is 2.48. The van der Waals surface area contributed by atoms with Crippen LogP contribution >= 0.6 is 11.8 Å². The molecule has 0 aromatic heterocycles. The van der Waals surface area contributed by atoms with Crippen LogP contribution in [-0.4, -0.2) is 50.0 Å². The zero-order chi connectivity index (χ0) is 13.2. The van der Waals surface area contributed by atoms with Crippen molar-refractivity contribution < 1.29 is 9.47 Å². The molecular formula is C15H27NO2S. The molecule has 0 radical (unpaired) electrons. The molecule has 1 spiro atoms. The molecule has 110 valence electrons. The number of methoxy groups -OCH3 is 1. The first kappa shape index (κ1) is 14.2. The largest absolute Gasteiger partial charge is 0.385 e. The Morgan fingerprint density at radius 3 is 2.95 bits per heavy atom. The molecule has 1 aliphatic carbocycles. The molecule has 3 rings (SSSR count). The lowest BCUT2D eigenvalue weighted by atomic mass is 9.89. The third-order valence-corrected chi connectivity index (χ3v) is 6.34. The van der Waals surface area contributed by atoms with E-state index in [9.17, 15) is 0 Å². The van der Waals surface area contributed by atoms with Gasteiger partial charge in [0.2, 0.25) is 0 Å². The fourth-order valence-electron chi connectivity index (χ4n) is 3.44. The van der Waals surface area contributed by atoms with Gasteiger partial charge >= 0.3 is 0 Å². The van der Waals surface area contributed by atoms with Crippen molar-refractivity contribution in [2.45, 2.75) is 50.2 Å². The minimum Gasteiger partial charge on any atom is -0.385 e. The maximum atomic E-state index is 6.09. The normalized spacial score (nSPS) is 36.8. The Morgan fingerprint density at radius 1 is 1.37 bits per heavy atom. The molecule has 2 unspecified atom stereocenters. The van der Waals surface area contributed by atoms with Crippen LogP contribution in [0.4, 0.5) is 0 Å². The van der Waals surface area contributed by atoms with Crippen molar-refractivity contribution in [3.63, 3.8) is 0 Å². The molecule has 0 aromatic rings. The second-order valence-corrected chi connectivity index (χ2v) is 7.75. The van der Waals surface area contributed by atoms with Crippen LogP contribution in [0.1, 0.15) is 38.5 Å². The van der Waals surface area contributed by atoms with Crippen molar-refractivity contribution in [1.29, 1.82) is 0 Å². The van der Waals surface area contributed by atoms with E-state index in [2.05, 4.69) is 17.1 Å². The van der Waals surface area contributed by atoms with E-state index in [1.165, 1.54) is 56.6 Å². The summed E-state index contributed by atoms with van der Waals surface area (Å²) in [6, 6.07) is 0.674. The first-order chi connectivity index (χ1) is 9.26. The highest BCUT2D eigenvalue weighted by molar-refractivity contribution is 7.99. The molecule has 0 bridgehead atoms. The lowest BCUT2D eigenvalue weighted by Gasteiger charge is -2.38. The summed E-state index contributed by atoms with van der Waals surface area (Å²) in [7, 11) is 1.81. The maximum absolute atomic E-state index is 6.09. The van der Waals surface area contributed by atoms with Crippen molar-refractivity contribution in [2.24, 2.45) is 5.41 Å². The van der Waals surface area contributed by atoms with Gasteiger partial charge in [0, 0.05) is 38.7 Å². The minimum absolute atomic E-state index is 0.212. The number of nitrogens with one attached hydrogen (secondary N) is 1. The van der Waals surface area contributed by atoms with Crippen LogP contribution in [0.5, 0.6) is 0 Å². The number of hydrogen-bond acceptors (Lipinski definition) is 4. The molecule has 2 heterocycles. The second-order valence-electron chi connectivity index (χ2n) is 6.65. The van der Waals surface area contributed by atoms with Gasteiger partial charge in [0.1, 0.15) is 0 Å². The van der Waals surface area contributed by atoms with Crippen molar-refractivity contribution in [3.8, 4) is 0 Å². The van der Waals surface area contributed by atoms with Crippen molar-refractivity contribution in [2.75, 3.05) is 38.4 Å². The first-order valence-electron chi connectivity index (χ1n) is 7.70. The monoisotopic (exact) mass is 285 g/mol. The first-order valence-corrected chi connectivity index (χ1v) is 8.86. The van der Waals surface area contributed by atoms with E-state index in [0.29, 0.717) is 11.5 Å². The minimum atomic E-state index is 0.212. The summed E-state index contributed by atoms with van der Waals surface area (Å²) < 4.78 is 11.3. The Labute approximate surface area is 121 Å². The van der Waals surface area contributed by atoms with E-state index < -0.39 is 0 Å². The van der Waals surface area contributed by atoms with Crippen LogP contribution in [0.2, 0.25) is 0 Å². The molecule has 3 nitrogen and oxygen atoms in total. The summed E-state index contributed by atoms with van der Waals surface area (Å²) in [6.07, 6.45) is 7.65. The van der Waals surface area contributed by atoms with Crippen LogP contribution in [0.25, 0.3) is 0 Å². The van der Waals surface area contributed by atoms with Gasteiger partial charge in [-0.1, -0.05) is 0 Å². The van der Waals surface area contributed by atoms with Crippen molar-refractivity contribution in [1.82, 2.24) is 5.32 Å². The standard InChI is InChI=1S/C15H27NO2S/c1-17-8-5-14(3-4-14)11-16-13-2-7-18-15(10-13)6-9-19-12-15/h13,16H,2-12H2,1H3. The van der Waals surface area contributed by atoms with Crippen LogP contribution in [-0.2, 0) is 9.47 Å². The van der Waals surface area contributed by atoms with Gasteiger partial charge in [0.05, 0.1) is 5.60 Å². The smallest absolute Gasteiger partial charge is 0.0795 e. The molecule has 2 saturated heterocycles. The molecule has 19 heavy (non-hydrogen) atoms. The fourth-order valence-corrected chi connectivity index (χ4v) is 4.81. The van der Waals surface area contributed by atoms with E-state index in [4.69, 9.17) is 9.47 Å². The molecule has 2 aliphatic heterocycles. The second kappa shape index (κ2) is 5.92. The number of thioether (sulfide) groups is 1. The van der Waals surface area contributed by atoms with Crippen LogP contribution in [0.15, 0.2) is 0 Å². The van der Waals surface area contributed by atoms with E-state index in [1.54, 1.807) is 0 Å². The van der Waals surface area contributed by atoms with Gasteiger partial charge in [-0.05, 0) is 49.7 Å². The Bertz CT molecular complexity index is 301. The third-order valence-electron chi connectivity index (χ3n) is 5.12. The predicted octanol–water partition coefficient (Wildman–Crippen LogP) is 2.45. The summed E-state index contributed by atoms with van der Waals surface area (Å²) in [6.45, 7) is 3.05. The van der Waals surface area contributed by atoms with Crippen LogP contribution < -0.4 is 5.32 Å². The molecule has 4 heteroatoms. The lowest BCUT2D eigenvalue weighted by molar-refractivity contribution is -0.0706. The van der Waals surface area contributed by atoms with Gasteiger partial charge in [0.25, 0.3) is 0 Å². The van der Waals surface area contributed by atoms with Gasteiger partial charge < -0.3 is 14.8 Å². The molecule has 1 N–H and O–H groups in total. The average molecular weight is 285 g/mol. The Hall–Kier alpha value is 0.230. The number of rotatable bonds is 6. The summed E-state index contributed by atoms with van der Waals surface area (Å²) in [5.74, 6) is 2.49. The molecule has 0 aromatic carbocycles. The van der Waals surface area contributed by atoms with Crippen molar-refractivity contribution >= 4 is 11.8 Å². The third kappa shape index (κ3) is 3.46. The molecular weight excluding hydrogens is 258 g/mol. The van der Waals surface area contributed by atoms with Crippen LogP contribution in [0.3, 0.4) is 0 Å². The highest BCUT2D eigenvalue weighted by Gasteiger charge is 2.44. The molecule has 3 aliphatic rings. The summed E-state index contributed by atoms with van der Waals surface area (Å²) >= 11 is 2.06. The van der Waals surface area contributed by atoms with Crippen molar-refractivity contribution in [3.05, 3.63) is 0 Å². The topological polar surface area (TPSA) is 30.5 Å². The molecule has 2 atom stereocenters. The van der Waals surface area contributed by atoms with E-state index in [-0.39, 0.29) is 5.60 Å². The zero-order valence-corrected chi connectivity index (χ0v) is 12.9. The average Bonchev–Trinajstić information content (AvgIpc) is 3.08. The quantitative estimate of drug-likeness (QED) is 0.812. The Balaban J connectivity index is 1.45. The zero-order valence-electron chi connectivity index (χ0n) is 12.1. The van der Waals surface area contributed by atoms with Gasteiger partial charge in [-0.2, -0.15) is 11.8 Å². The Morgan fingerprint density at radius 2 is 2.26 bits per heavy atom. The number of ether oxygens (including phenoxy) is 2. The maximum Gasteiger partial charge on any atom is 0.0795 e. The number of hydrogen-bond donors (Lipinski definition) is 1. The van der Waals surface area contributed by atoms with Crippen LogP contribution in [0, 0.1) is 5.41 Å². The van der Waals surface area contributed by atoms with E-state index in [0.717, 1.165) is 13.2 Å². The highest BCUT2D eigenvalue weighted by atomic mass is 32.2.